The highest BCUT2D eigenvalue weighted by Crippen LogP contribution is 2.28. The van der Waals surface area contributed by atoms with E-state index >= 15 is 0 Å². The van der Waals surface area contributed by atoms with Gasteiger partial charge in [-0.1, -0.05) is 6.08 Å². The van der Waals surface area contributed by atoms with E-state index in [4.69, 9.17) is 4.74 Å². The van der Waals surface area contributed by atoms with Crippen LogP contribution in [0, 0.1) is 11.6 Å². The van der Waals surface area contributed by atoms with Crippen LogP contribution in [-0.4, -0.2) is 46.6 Å². The van der Waals surface area contributed by atoms with Crippen LogP contribution in [0.15, 0.2) is 47.2 Å². The number of allylic oxidation sites excluding steroid dienone is 4. The lowest BCUT2D eigenvalue weighted by atomic mass is 10.00. The summed E-state index contributed by atoms with van der Waals surface area (Å²) in [7, 11) is 0. The Bertz CT molecular complexity index is 1150. The average molecular weight is 472 g/mol. The number of aliphatic hydroxyl groups is 1. The minimum Gasteiger partial charge on any atom is -0.447 e. The number of amides is 1. The number of nitrogens with one attached hydrogen (secondary N) is 1. The SMILES string of the molecule is C=N/C(C)=C\C=C(/C)c1cc(F)c([C@H](C)Nc2nccc(N3C(=O)OC[C@@H]3[C@@H](C)O)n2)cc1F. The van der Waals surface area contributed by atoms with Crippen LogP contribution >= 0.6 is 0 Å². The van der Waals surface area contributed by atoms with Gasteiger partial charge >= 0.3 is 6.09 Å². The fourth-order valence-corrected chi connectivity index (χ4v) is 3.46. The van der Waals surface area contributed by atoms with Crippen molar-refractivity contribution in [3.05, 3.63) is 65.0 Å². The van der Waals surface area contributed by atoms with Gasteiger partial charge in [0, 0.05) is 23.0 Å². The fourth-order valence-electron chi connectivity index (χ4n) is 3.46. The van der Waals surface area contributed by atoms with E-state index in [0.717, 1.165) is 12.1 Å². The van der Waals surface area contributed by atoms with E-state index in [1.165, 1.54) is 17.2 Å². The van der Waals surface area contributed by atoms with Crippen LogP contribution in [0.25, 0.3) is 5.57 Å². The third kappa shape index (κ3) is 5.45. The molecule has 0 spiro atoms. The molecule has 0 saturated carbocycles. The summed E-state index contributed by atoms with van der Waals surface area (Å²) in [5.74, 6) is -0.851. The minimum atomic E-state index is -0.836. The summed E-state index contributed by atoms with van der Waals surface area (Å²) in [6.45, 7) is 10.1. The van der Waals surface area contributed by atoms with Crippen molar-refractivity contribution in [3.8, 4) is 0 Å². The number of carbonyl (C=O) groups excluding carboxylic acids is 1. The molecule has 2 N–H and O–H groups in total. The average Bonchev–Trinajstić information content (AvgIpc) is 3.20. The topological polar surface area (TPSA) is 99.9 Å². The van der Waals surface area contributed by atoms with Gasteiger partial charge in [-0.25, -0.2) is 18.6 Å². The zero-order valence-corrected chi connectivity index (χ0v) is 19.4. The van der Waals surface area contributed by atoms with Crippen LogP contribution < -0.4 is 10.2 Å². The standard InChI is InChI=1S/C24H27F2N5O3/c1-13(6-7-14(2)27-5)17-10-20(26)18(11-19(17)25)15(3)29-23-28-9-8-22(30-23)31-21(16(4)32)12-34-24(31)33/h6-11,15-16,21,32H,5,12H2,1-4H3,(H,28,29,30)/b13-6+,14-7-/t15-,16+,21+/m0/s1. The van der Waals surface area contributed by atoms with E-state index in [9.17, 15) is 18.7 Å². The molecule has 0 unspecified atom stereocenters. The van der Waals surface area contributed by atoms with Crippen molar-refractivity contribution >= 4 is 30.2 Å². The second-order valence-electron chi connectivity index (χ2n) is 8.03. The van der Waals surface area contributed by atoms with Crippen LogP contribution in [0.3, 0.4) is 0 Å². The Morgan fingerprint density at radius 1 is 1.32 bits per heavy atom. The highest BCUT2D eigenvalue weighted by Gasteiger charge is 2.38. The Balaban J connectivity index is 1.83. The smallest absolute Gasteiger partial charge is 0.416 e. The molecule has 2 heterocycles. The number of ether oxygens (including phenoxy) is 1. The zero-order valence-electron chi connectivity index (χ0n) is 19.4. The first-order valence-electron chi connectivity index (χ1n) is 10.7. The number of anilines is 2. The predicted molar refractivity (Wildman–Crippen MR) is 127 cm³/mol. The van der Waals surface area contributed by atoms with Gasteiger partial charge in [-0.2, -0.15) is 4.98 Å². The minimum absolute atomic E-state index is 0.0316. The lowest BCUT2D eigenvalue weighted by molar-refractivity contribution is 0.142. The number of cyclic esters (lactones) is 1. The Kier molecular flexibility index (Phi) is 7.72. The molecule has 8 nitrogen and oxygen atoms in total. The largest absolute Gasteiger partial charge is 0.447 e. The first kappa shape index (κ1) is 25.0. The molecule has 1 saturated heterocycles. The van der Waals surface area contributed by atoms with Gasteiger partial charge in [0.1, 0.15) is 30.1 Å². The molecule has 180 valence electrons. The maximum absolute atomic E-state index is 14.9. The molecule has 0 bridgehead atoms. The second-order valence-corrected chi connectivity index (χ2v) is 8.03. The molecule has 1 aliphatic rings. The molecule has 2 aromatic rings. The van der Waals surface area contributed by atoms with Crippen LogP contribution in [0.5, 0.6) is 0 Å². The molecule has 34 heavy (non-hydrogen) atoms. The Morgan fingerprint density at radius 3 is 2.74 bits per heavy atom. The summed E-state index contributed by atoms with van der Waals surface area (Å²) in [6, 6.07) is 2.49. The third-order valence-corrected chi connectivity index (χ3v) is 5.50. The summed E-state index contributed by atoms with van der Waals surface area (Å²) >= 11 is 0. The van der Waals surface area contributed by atoms with Gasteiger partial charge in [0.25, 0.3) is 0 Å². The Labute approximate surface area is 196 Å². The van der Waals surface area contributed by atoms with Crippen LogP contribution in [0.1, 0.15) is 44.9 Å². The molecular weight excluding hydrogens is 444 g/mol. The van der Waals surface area contributed by atoms with Crippen molar-refractivity contribution in [2.45, 2.75) is 45.9 Å². The van der Waals surface area contributed by atoms with Crippen molar-refractivity contribution in [1.29, 1.82) is 0 Å². The highest BCUT2D eigenvalue weighted by molar-refractivity contribution is 5.89. The molecule has 3 rings (SSSR count). The molecular formula is C24H27F2N5O3. The number of aromatic nitrogens is 2. The first-order valence-corrected chi connectivity index (χ1v) is 10.7. The molecule has 1 aromatic heterocycles. The van der Waals surface area contributed by atoms with Gasteiger partial charge in [-0.3, -0.25) is 9.89 Å². The molecule has 0 aliphatic carbocycles. The number of carbonyl (C=O) groups is 1. The maximum atomic E-state index is 14.9. The monoisotopic (exact) mass is 471 g/mol. The third-order valence-electron chi connectivity index (χ3n) is 5.50. The predicted octanol–water partition coefficient (Wildman–Crippen LogP) is 4.64. The quantitative estimate of drug-likeness (QED) is 0.430. The summed E-state index contributed by atoms with van der Waals surface area (Å²) in [5, 5.41) is 12.9. The van der Waals surface area contributed by atoms with Crippen LogP contribution in [-0.2, 0) is 4.74 Å². The van der Waals surface area contributed by atoms with Gasteiger partial charge in [-0.15, -0.1) is 0 Å². The number of hydrogen-bond donors (Lipinski definition) is 2. The van der Waals surface area contributed by atoms with Gasteiger partial charge in [0.05, 0.1) is 12.1 Å². The molecule has 0 radical (unpaired) electrons. The number of rotatable bonds is 8. The van der Waals surface area contributed by atoms with E-state index in [1.54, 1.807) is 39.8 Å². The zero-order chi connectivity index (χ0) is 25.0. The highest BCUT2D eigenvalue weighted by atomic mass is 19.1. The van der Waals surface area contributed by atoms with Gasteiger partial charge < -0.3 is 15.2 Å². The fraction of sp³-hybridized carbons (Fsp3) is 0.333. The summed E-state index contributed by atoms with van der Waals surface area (Å²) < 4.78 is 34.7. The maximum Gasteiger partial charge on any atom is 0.416 e. The van der Waals surface area contributed by atoms with Crippen LogP contribution in [0.4, 0.5) is 25.3 Å². The number of hydrogen-bond acceptors (Lipinski definition) is 7. The molecule has 3 atom stereocenters. The normalized spacial score (nSPS) is 18.5. The van der Waals surface area contributed by atoms with Crippen molar-refractivity contribution in [2.75, 3.05) is 16.8 Å². The number of nitrogens with zero attached hydrogens (tertiary/aromatic N) is 4. The molecule has 1 aromatic carbocycles. The first-order chi connectivity index (χ1) is 16.1. The molecule has 1 aliphatic heterocycles. The van der Waals surface area contributed by atoms with Crippen molar-refractivity contribution < 1.29 is 23.4 Å². The lowest BCUT2D eigenvalue weighted by Gasteiger charge is -2.23. The number of aliphatic hydroxyl groups excluding tert-OH is 1. The number of aliphatic imine (C=N–C) groups is 1. The van der Waals surface area contributed by atoms with Crippen molar-refractivity contribution in [3.63, 3.8) is 0 Å². The second kappa shape index (κ2) is 10.5. The molecule has 1 fully saturated rings. The van der Waals surface area contributed by atoms with Crippen molar-refractivity contribution in [1.82, 2.24) is 9.97 Å². The van der Waals surface area contributed by atoms with Crippen LogP contribution in [0.2, 0.25) is 0 Å². The Hall–Kier alpha value is -3.66. The van der Waals surface area contributed by atoms with E-state index < -0.39 is 35.9 Å². The van der Waals surface area contributed by atoms with E-state index in [2.05, 4.69) is 27.0 Å². The number of halogens is 2. The Morgan fingerprint density at radius 2 is 2.06 bits per heavy atom. The van der Waals surface area contributed by atoms with Gasteiger partial charge in [-0.05, 0) is 64.3 Å². The number of benzene rings is 1. The van der Waals surface area contributed by atoms with Gasteiger partial charge in [0.2, 0.25) is 5.95 Å². The molecule has 10 heteroatoms. The summed E-state index contributed by atoms with van der Waals surface area (Å²) in [6.07, 6.45) is 3.26. The van der Waals surface area contributed by atoms with E-state index in [-0.39, 0.29) is 29.5 Å². The lowest BCUT2D eigenvalue weighted by Crippen LogP contribution is -2.41. The van der Waals surface area contributed by atoms with Crippen molar-refractivity contribution in [2.24, 2.45) is 4.99 Å². The summed E-state index contributed by atoms with van der Waals surface area (Å²) in [4.78, 5) is 25.5. The van der Waals surface area contributed by atoms with E-state index in [0.29, 0.717) is 11.3 Å². The summed E-state index contributed by atoms with van der Waals surface area (Å²) in [5.41, 5.74) is 1.41. The van der Waals surface area contributed by atoms with E-state index in [1.807, 2.05) is 0 Å². The molecule has 1 amide bonds. The van der Waals surface area contributed by atoms with Gasteiger partial charge in [0.15, 0.2) is 0 Å².